The first-order chi connectivity index (χ1) is 13.9. The molecule has 1 aromatic heterocycles. The Kier molecular flexibility index (Phi) is 5.19. The molecule has 0 unspecified atom stereocenters. The molecule has 0 atom stereocenters. The maximum absolute atomic E-state index is 13.4. The number of hydrogen-bond acceptors (Lipinski definition) is 5. The molecule has 0 radical (unpaired) electrons. The minimum Gasteiger partial charge on any atom is -0.369 e. The van der Waals surface area contributed by atoms with Gasteiger partial charge in [0, 0.05) is 37.4 Å². The van der Waals surface area contributed by atoms with Crippen LogP contribution in [0.3, 0.4) is 0 Å². The Labute approximate surface area is 171 Å². The Bertz CT molecular complexity index is 1100. The van der Waals surface area contributed by atoms with Crippen molar-refractivity contribution in [1.82, 2.24) is 9.46 Å². The van der Waals surface area contributed by atoms with Gasteiger partial charge in [-0.05, 0) is 50.1 Å². The van der Waals surface area contributed by atoms with Crippen LogP contribution in [0.1, 0.15) is 17.0 Å². The van der Waals surface area contributed by atoms with Gasteiger partial charge in [0.15, 0.2) is 0 Å². The molecule has 4 rings (SSSR count). The fourth-order valence-electron chi connectivity index (χ4n) is 3.89. The monoisotopic (exact) mass is 411 g/mol. The normalized spacial score (nSPS) is 15.6. The van der Waals surface area contributed by atoms with Crippen molar-refractivity contribution in [2.45, 2.75) is 25.7 Å². The summed E-state index contributed by atoms with van der Waals surface area (Å²) in [7, 11) is -3.58. The second-order valence-electron chi connectivity index (χ2n) is 7.41. The van der Waals surface area contributed by atoms with Crippen molar-refractivity contribution in [2.75, 3.05) is 31.1 Å². The number of hydrogen-bond donors (Lipinski definition) is 0. The average molecular weight is 412 g/mol. The first-order valence-corrected chi connectivity index (χ1v) is 11.2. The van der Waals surface area contributed by atoms with E-state index in [-0.39, 0.29) is 0 Å². The second-order valence-corrected chi connectivity index (χ2v) is 9.31. The van der Waals surface area contributed by atoms with E-state index in [9.17, 15) is 8.42 Å². The van der Waals surface area contributed by atoms with Crippen LogP contribution in [0.15, 0.2) is 57.9 Å². The average Bonchev–Trinajstić information content (AvgIpc) is 3.07. The first kappa shape index (κ1) is 19.7. The number of aromatic nitrogens is 1. The van der Waals surface area contributed by atoms with E-state index in [0.29, 0.717) is 36.8 Å². The number of para-hydroxylation sites is 1. The number of anilines is 1. The molecule has 0 saturated carbocycles. The van der Waals surface area contributed by atoms with Gasteiger partial charge in [0.05, 0.1) is 10.6 Å². The van der Waals surface area contributed by atoms with Crippen LogP contribution in [0, 0.1) is 20.8 Å². The predicted octanol–water partition coefficient (Wildman–Crippen LogP) is 3.78. The summed E-state index contributed by atoms with van der Waals surface area (Å²) < 4.78 is 33.7. The van der Waals surface area contributed by atoms with Gasteiger partial charge in [0.25, 0.3) is 0 Å². The van der Waals surface area contributed by atoms with Crippen LogP contribution in [-0.4, -0.2) is 44.1 Å². The van der Waals surface area contributed by atoms with E-state index in [1.165, 1.54) is 0 Å². The molecule has 0 bridgehead atoms. The Morgan fingerprint density at radius 2 is 1.62 bits per heavy atom. The molecule has 1 saturated heterocycles. The Morgan fingerprint density at radius 1 is 0.931 bits per heavy atom. The summed E-state index contributed by atoms with van der Waals surface area (Å²) in [5.74, 6) is 0.686. The molecular formula is C22H25N3O3S. The molecule has 2 heterocycles. The number of aryl methyl sites for hydroxylation is 3. The van der Waals surface area contributed by atoms with E-state index in [0.717, 1.165) is 28.1 Å². The lowest BCUT2D eigenvalue weighted by atomic mass is 10.0. The summed E-state index contributed by atoms with van der Waals surface area (Å²) >= 11 is 0. The zero-order valence-electron chi connectivity index (χ0n) is 16.9. The van der Waals surface area contributed by atoms with Gasteiger partial charge in [-0.3, -0.25) is 0 Å². The van der Waals surface area contributed by atoms with Crippen LogP contribution in [0.2, 0.25) is 0 Å². The number of sulfonamides is 1. The lowest BCUT2D eigenvalue weighted by Gasteiger charge is -2.35. The summed E-state index contributed by atoms with van der Waals surface area (Å²) in [5, 5.41) is 3.99. The van der Waals surface area contributed by atoms with Crippen molar-refractivity contribution in [2.24, 2.45) is 0 Å². The van der Waals surface area contributed by atoms with Crippen molar-refractivity contribution < 1.29 is 12.9 Å². The fourth-order valence-corrected chi connectivity index (χ4v) is 5.57. The number of rotatable bonds is 4. The van der Waals surface area contributed by atoms with Gasteiger partial charge in [-0.25, -0.2) is 8.42 Å². The summed E-state index contributed by atoms with van der Waals surface area (Å²) in [4.78, 5) is 2.57. The largest absolute Gasteiger partial charge is 0.369 e. The lowest BCUT2D eigenvalue weighted by Crippen LogP contribution is -2.48. The van der Waals surface area contributed by atoms with Crippen molar-refractivity contribution in [3.05, 3.63) is 65.5 Å². The van der Waals surface area contributed by atoms with Crippen LogP contribution in [0.5, 0.6) is 0 Å². The molecular weight excluding hydrogens is 386 g/mol. The molecule has 1 aliphatic heterocycles. The van der Waals surface area contributed by atoms with Crippen LogP contribution < -0.4 is 4.90 Å². The topological polar surface area (TPSA) is 66.7 Å². The molecule has 29 heavy (non-hydrogen) atoms. The van der Waals surface area contributed by atoms with Gasteiger partial charge < -0.3 is 9.42 Å². The molecule has 7 heteroatoms. The molecule has 0 amide bonds. The number of piperazine rings is 1. The van der Waals surface area contributed by atoms with E-state index in [4.69, 9.17) is 4.52 Å². The molecule has 1 aliphatic rings. The highest BCUT2D eigenvalue weighted by atomic mass is 32.2. The van der Waals surface area contributed by atoms with Gasteiger partial charge in [0.1, 0.15) is 5.76 Å². The Hall–Kier alpha value is -2.64. The third-order valence-corrected chi connectivity index (χ3v) is 7.53. The summed E-state index contributed by atoms with van der Waals surface area (Å²) in [6, 6.07) is 15.6. The minimum absolute atomic E-state index is 0.350. The zero-order chi connectivity index (χ0) is 20.6. The molecule has 2 aromatic carbocycles. The van der Waals surface area contributed by atoms with Crippen molar-refractivity contribution in [3.8, 4) is 11.1 Å². The van der Waals surface area contributed by atoms with Gasteiger partial charge in [-0.15, -0.1) is 0 Å². The van der Waals surface area contributed by atoms with Gasteiger partial charge >= 0.3 is 0 Å². The van der Waals surface area contributed by atoms with E-state index < -0.39 is 10.0 Å². The van der Waals surface area contributed by atoms with Crippen LogP contribution in [-0.2, 0) is 10.0 Å². The van der Waals surface area contributed by atoms with Gasteiger partial charge in [-0.1, -0.05) is 35.5 Å². The molecule has 3 aromatic rings. The van der Waals surface area contributed by atoms with E-state index >= 15 is 0 Å². The highest BCUT2D eigenvalue weighted by Crippen LogP contribution is 2.31. The highest BCUT2D eigenvalue weighted by Gasteiger charge is 2.30. The third kappa shape index (κ3) is 3.68. The van der Waals surface area contributed by atoms with E-state index in [1.807, 2.05) is 51.1 Å². The van der Waals surface area contributed by atoms with E-state index in [1.54, 1.807) is 10.4 Å². The number of benzene rings is 2. The van der Waals surface area contributed by atoms with Crippen molar-refractivity contribution >= 4 is 15.7 Å². The fraction of sp³-hybridized carbons (Fsp3) is 0.318. The minimum atomic E-state index is -3.58. The second kappa shape index (κ2) is 7.65. The molecule has 6 nitrogen and oxygen atoms in total. The highest BCUT2D eigenvalue weighted by molar-refractivity contribution is 7.89. The standard InChI is InChI=1S/C22H25N3O3S/c1-16-9-10-19(22-17(2)23-28-18(22)3)15-21(16)29(26,27)25-13-11-24(12-14-25)20-7-5-4-6-8-20/h4-10,15H,11-14H2,1-3H3. The SMILES string of the molecule is Cc1ccc(-c2c(C)noc2C)cc1S(=O)(=O)N1CCN(c2ccccc2)CC1. The third-order valence-electron chi connectivity index (χ3n) is 5.49. The molecule has 0 spiro atoms. The molecule has 0 N–H and O–H groups in total. The van der Waals surface area contributed by atoms with Crippen molar-refractivity contribution in [3.63, 3.8) is 0 Å². The van der Waals surface area contributed by atoms with E-state index in [2.05, 4.69) is 22.2 Å². The maximum atomic E-state index is 13.4. The maximum Gasteiger partial charge on any atom is 0.243 e. The Morgan fingerprint density at radius 3 is 2.24 bits per heavy atom. The summed E-state index contributed by atoms with van der Waals surface area (Å²) in [6.45, 7) is 7.81. The molecule has 1 fully saturated rings. The first-order valence-electron chi connectivity index (χ1n) is 9.72. The van der Waals surface area contributed by atoms with Crippen molar-refractivity contribution in [1.29, 1.82) is 0 Å². The molecule has 152 valence electrons. The molecule has 0 aliphatic carbocycles. The number of nitrogens with zero attached hydrogens (tertiary/aromatic N) is 3. The summed E-state index contributed by atoms with van der Waals surface area (Å²) in [6.07, 6.45) is 0. The smallest absolute Gasteiger partial charge is 0.243 e. The van der Waals surface area contributed by atoms with Crippen LogP contribution >= 0.6 is 0 Å². The van der Waals surface area contributed by atoms with Gasteiger partial charge in [-0.2, -0.15) is 4.31 Å². The van der Waals surface area contributed by atoms with Crippen LogP contribution in [0.25, 0.3) is 11.1 Å². The zero-order valence-corrected chi connectivity index (χ0v) is 17.7. The summed E-state index contributed by atoms with van der Waals surface area (Å²) in [5.41, 5.74) is 4.29. The predicted molar refractivity (Wildman–Crippen MR) is 114 cm³/mol. The van der Waals surface area contributed by atoms with Crippen LogP contribution in [0.4, 0.5) is 5.69 Å². The quantitative estimate of drug-likeness (QED) is 0.654. The Balaban J connectivity index is 1.60. The van der Waals surface area contributed by atoms with Gasteiger partial charge in [0.2, 0.25) is 10.0 Å². The lowest BCUT2D eigenvalue weighted by molar-refractivity contribution is 0.384.